The number of aromatic nitrogens is 3. The van der Waals surface area contributed by atoms with Crippen molar-refractivity contribution in [2.45, 2.75) is 26.8 Å². The Bertz CT molecular complexity index is 663. The van der Waals surface area contributed by atoms with Gasteiger partial charge in [-0.15, -0.1) is 0 Å². The van der Waals surface area contributed by atoms with Gasteiger partial charge in [-0.1, -0.05) is 0 Å². The molecule has 2 aromatic rings. The van der Waals surface area contributed by atoms with Crippen molar-refractivity contribution in [3.8, 4) is 0 Å². The Labute approximate surface area is 117 Å². The third-order valence-electron chi connectivity index (χ3n) is 3.66. The highest BCUT2D eigenvalue weighted by Crippen LogP contribution is 2.15. The van der Waals surface area contributed by atoms with Gasteiger partial charge in [0.15, 0.2) is 5.65 Å². The third kappa shape index (κ3) is 2.16. The molecule has 20 heavy (non-hydrogen) atoms. The highest BCUT2D eigenvalue weighted by molar-refractivity contribution is 5.99. The van der Waals surface area contributed by atoms with Gasteiger partial charge in [-0.05, 0) is 26.8 Å². The molecule has 106 valence electrons. The molecule has 0 saturated carbocycles. The van der Waals surface area contributed by atoms with Crippen LogP contribution in [0.15, 0.2) is 12.3 Å². The second kappa shape index (κ2) is 4.86. The average Bonchev–Trinajstić information content (AvgIpc) is 2.81. The maximum atomic E-state index is 12.6. The second-order valence-electron chi connectivity index (χ2n) is 5.44. The lowest BCUT2D eigenvalue weighted by Crippen LogP contribution is -2.51. The lowest BCUT2D eigenvalue weighted by Gasteiger charge is -2.31. The van der Waals surface area contributed by atoms with Crippen LogP contribution in [0.4, 0.5) is 0 Å². The van der Waals surface area contributed by atoms with E-state index in [1.807, 2.05) is 24.8 Å². The maximum absolute atomic E-state index is 12.6. The highest BCUT2D eigenvalue weighted by Gasteiger charge is 2.25. The van der Waals surface area contributed by atoms with Crippen molar-refractivity contribution in [2.24, 2.45) is 0 Å². The van der Waals surface area contributed by atoms with Gasteiger partial charge in [-0.3, -0.25) is 4.79 Å². The van der Waals surface area contributed by atoms with Crippen molar-refractivity contribution >= 4 is 11.6 Å². The monoisotopic (exact) mass is 273 g/mol. The van der Waals surface area contributed by atoms with Crippen LogP contribution < -0.4 is 5.32 Å². The number of rotatable bonds is 1. The fourth-order valence-corrected chi connectivity index (χ4v) is 2.71. The van der Waals surface area contributed by atoms with Crippen LogP contribution in [0, 0.1) is 13.8 Å². The van der Waals surface area contributed by atoms with E-state index in [4.69, 9.17) is 0 Å². The number of amides is 1. The maximum Gasteiger partial charge on any atom is 0.259 e. The predicted molar refractivity (Wildman–Crippen MR) is 75.8 cm³/mol. The molecule has 1 aliphatic rings. The molecule has 0 aromatic carbocycles. The van der Waals surface area contributed by atoms with Gasteiger partial charge in [0.1, 0.15) is 5.56 Å². The quantitative estimate of drug-likeness (QED) is 0.834. The van der Waals surface area contributed by atoms with E-state index in [1.165, 1.54) is 0 Å². The molecule has 2 aromatic heterocycles. The molecule has 1 aliphatic heterocycles. The summed E-state index contributed by atoms with van der Waals surface area (Å²) < 4.78 is 1.73. The van der Waals surface area contributed by atoms with Gasteiger partial charge in [-0.25, -0.2) is 9.50 Å². The molecule has 0 spiro atoms. The van der Waals surface area contributed by atoms with Crippen LogP contribution in [0.2, 0.25) is 0 Å². The summed E-state index contributed by atoms with van der Waals surface area (Å²) in [6, 6.07) is 2.28. The van der Waals surface area contributed by atoms with Crippen LogP contribution >= 0.6 is 0 Å². The van der Waals surface area contributed by atoms with Gasteiger partial charge in [-0.2, -0.15) is 5.10 Å². The predicted octanol–water partition coefficient (Wildman–Crippen LogP) is 0.780. The van der Waals surface area contributed by atoms with E-state index < -0.39 is 0 Å². The van der Waals surface area contributed by atoms with Gasteiger partial charge in [0.2, 0.25) is 0 Å². The number of hydrogen-bond donors (Lipinski definition) is 1. The zero-order chi connectivity index (χ0) is 14.3. The minimum Gasteiger partial charge on any atom is -0.336 e. The number of fused-ring (bicyclic) bond motifs is 1. The summed E-state index contributed by atoms with van der Waals surface area (Å²) in [6.45, 7) is 8.27. The molecule has 1 atom stereocenters. The number of piperazine rings is 1. The first-order valence-electron chi connectivity index (χ1n) is 6.91. The molecule has 1 amide bonds. The number of carbonyl (C=O) groups excluding carboxylic acids is 1. The zero-order valence-electron chi connectivity index (χ0n) is 12.1. The van der Waals surface area contributed by atoms with Crippen LogP contribution in [0.5, 0.6) is 0 Å². The molecule has 1 N–H and O–H groups in total. The van der Waals surface area contributed by atoms with Gasteiger partial charge >= 0.3 is 0 Å². The van der Waals surface area contributed by atoms with Crippen LogP contribution in [0.1, 0.15) is 28.7 Å². The smallest absolute Gasteiger partial charge is 0.259 e. The summed E-state index contributed by atoms with van der Waals surface area (Å²) in [5.74, 6) is 0.0193. The highest BCUT2D eigenvalue weighted by atomic mass is 16.2. The minimum absolute atomic E-state index is 0.0193. The van der Waals surface area contributed by atoms with Crippen molar-refractivity contribution < 1.29 is 4.79 Å². The Morgan fingerprint density at radius 1 is 1.45 bits per heavy atom. The summed E-state index contributed by atoms with van der Waals surface area (Å²) in [6.07, 6.45) is 1.63. The minimum atomic E-state index is 0.0193. The Morgan fingerprint density at radius 3 is 3.00 bits per heavy atom. The summed E-state index contributed by atoms with van der Waals surface area (Å²) >= 11 is 0. The molecule has 6 heteroatoms. The van der Waals surface area contributed by atoms with E-state index in [1.54, 1.807) is 10.7 Å². The van der Waals surface area contributed by atoms with E-state index >= 15 is 0 Å². The van der Waals surface area contributed by atoms with Gasteiger partial charge in [0.25, 0.3) is 5.91 Å². The van der Waals surface area contributed by atoms with Gasteiger partial charge in [0, 0.05) is 37.1 Å². The molecular weight excluding hydrogens is 254 g/mol. The SMILES string of the molecule is Cc1cc(C)n2ncc(C(=O)N3CCN[C@H](C)C3)c2n1. The van der Waals surface area contributed by atoms with E-state index in [9.17, 15) is 4.79 Å². The Kier molecular flexibility index (Phi) is 3.17. The number of aryl methyl sites for hydroxylation is 2. The fourth-order valence-electron chi connectivity index (χ4n) is 2.71. The van der Waals surface area contributed by atoms with E-state index in [2.05, 4.69) is 22.3 Å². The van der Waals surface area contributed by atoms with Gasteiger partial charge < -0.3 is 10.2 Å². The molecule has 3 rings (SSSR count). The number of carbonyl (C=O) groups is 1. The van der Waals surface area contributed by atoms with Crippen LogP contribution in [-0.4, -0.2) is 51.1 Å². The molecule has 3 heterocycles. The van der Waals surface area contributed by atoms with Crippen molar-refractivity contribution in [1.29, 1.82) is 0 Å². The second-order valence-corrected chi connectivity index (χ2v) is 5.44. The molecule has 1 fully saturated rings. The van der Waals surface area contributed by atoms with E-state index in [0.717, 1.165) is 31.0 Å². The average molecular weight is 273 g/mol. The topological polar surface area (TPSA) is 62.5 Å². The summed E-state index contributed by atoms with van der Waals surface area (Å²) in [5.41, 5.74) is 3.13. The van der Waals surface area contributed by atoms with E-state index in [0.29, 0.717) is 17.3 Å². The number of nitrogens with zero attached hydrogens (tertiary/aromatic N) is 4. The van der Waals surface area contributed by atoms with Crippen molar-refractivity contribution in [3.05, 3.63) is 29.2 Å². The lowest BCUT2D eigenvalue weighted by molar-refractivity contribution is 0.0711. The van der Waals surface area contributed by atoms with Crippen molar-refractivity contribution in [1.82, 2.24) is 24.8 Å². The molecule has 0 bridgehead atoms. The first-order chi connectivity index (χ1) is 9.56. The Morgan fingerprint density at radius 2 is 2.25 bits per heavy atom. The number of nitrogens with one attached hydrogen (secondary N) is 1. The van der Waals surface area contributed by atoms with E-state index in [-0.39, 0.29) is 5.91 Å². The molecule has 0 unspecified atom stereocenters. The Balaban J connectivity index is 1.99. The van der Waals surface area contributed by atoms with Crippen LogP contribution in [0.25, 0.3) is 5.65 Å². The molecular formula is C14H19N5O. The van der Waals surface area contributed by atoms with Crippen molar-refractivity contribution in [3.63, 3.8) is 0 Å². The largest absolute Gasteiger partial charge is 0.336 e. The first-order valence-corrected chi connectivity index (χ1v) is 6.91. The van der Waals surface area contributed by atoms with Crippen LogP contribution in [0.3, 0.4) is 0 Å². The standard InChI is InChI=1S/C14H19N5O/c1-9-6-11(3)19-13(17-9)12(7-16-19)14(20)18-5-4-15-10(2)8-18/h6-7,10,15H,4-5,8H2,1-3H3/t10-/m1/s1. The fraction of sp³-hybridized carbons (Fsp3) is 0.500. The first kappa shape index (κ1) is 13.1. The van der Waals surface area contributed by atoms with Crippen LogP contribution in [-0.2, 0) is 0 Å². The Hall–Kier alpha value is -1.95. The molecule has 6 nitrogen and oxygen atoms in total. The lowest BCUT2D eigenvalue weighted by atomic mass is 10.2. The molecule has 0 aliphatic carbocycles. The zero-order valence-corrected chi connectivity index (χ0v) is 12.1. The summed E-state index contributed by atoms with van der Waals surface area (Å²) in [5, 5.41) is 7.62. The summed E-state index contributed by atoms with van der Waals surface area (Å²) in [7, 11) is 0. The van der Waals surface area contributed by atoms with Gasteiger partial charge in [0.05, 0.1) is 6.20 Å². The number of hydrogen-bond acceptors (Lipinski definition) is 4. The molecule has 1 saturated heterocycles. The molecule has 0 radical (unpaired) electrons. The normalized spacial score (nSPS) is 19.6. The third-order valence-corrected chi connectivity index (χ3v) is 3.66. The van der Waals surface area contributed by atoms with Crippen molar-refractivity contribution in [2.75, 3.05) is 19.6 Å². The summed E-state index contributed by atoms with van der Waals surface area (Å²) in [4.78, 5) is 19.0.